The minimum atomic E-state index is -0.885. The maximum absolute atomic E-state index is 13.2. The van der Waals surface area contributed by atoms with Gasteiger partial charge in [0, 0.05) is 35.5 Å². The van der Waals surface area contributed by atoms with Crippen molar-refractivity contribution in [3.05, 3.63) is 70.2 Å². The Morgan fingerprint density at radius 2 is 1.64 bits per heavy atom. The van der Waals surface area contributed by atoms with Crippen LogP contribution in [0.4, 0.5) is 0 Å². The van der Waals surface area contributed by atoms with E-state index in [4.69, 9.17) is 0 Å². The molecule has 1 heterocycles. The van der Waals surface area contributed by atoms with Gasteiger partial charge >= 0.3 is 0 Å². The lowest BCUT2D eigenvalue weighted by atomic mass is 9.81. The monoisotopic (exact) mass is 438 g/mol. The van der Waals surface area contributed by atoms with Crippen LogP contribution in [0.25, 0.3) is 0 Å². The first-order chi connectivity index (χ1) is 13.6. The van der Waals surface area contributed by atoms with Gasteiger partial charge in [0.2, 0.25) is 5.91 Å². The summed E-state index contributed by atoms with van der Waals surface area (Å²) in [6, 6.07) is 18.8. The predicted octanol–water partition coefficient (Wildman–Crippen LogP) is 4.96. The molecule has 28 heavy (non-hydrogen) atoms. The topological polar surface area (TPSA) is 61.2 Å². The second kappa shape index (κ2) is 9.66. The molecule has 0 aliphatic carbocycles. The Hall–Kier alpha value is -2.45. The molecule has 0 N–H and O–H groups in total. The van der Waals surface area contributed by atoms with E-state index in [1.165, 1.54) is 0 Å². The third-order valence-electron chi connectivity index (χ3n) is 5.28. The number of hydrogen-bond donors (Lipinski definition) is 0. The van der Waals surface area contributed by atoms with Crippen molar-refractivity contribution in [2.24, 2.45) is 5.92 Å². The molecule has 0 spiro atoms. The molecular formula is C23H23BrN2O2. The Bertz CT molecular complexity index is 870. The van der Waals surface area contributed by atoms with Crippen LogP contribution in [0.15, 0.2) is 59.1 Å². The molecular weight excluding hydrogens is 416 g/mol. The average molecular weight is 439 g/mol. The van der Waals surface area contributed by atoms with Crippen LogP contribution in [-0.2, 0) is 4.79 Å². The van der Waals surface area contributed by atoms with Gasteiger partial charge in [0.1, 0.15) is 5.92 Å². The highest BCUT2D eigenvalue weighted by atomic mass is 79.9. The summed E-state index contributed by atoms with van der Waals surface area (Å²) < 4.78 is 0.813. The van der Waals surface area contributed by atoms with E-state index in [1.807, 2.05) is 42.5 Å². The van der Waals surface area contributed by atoms with Gasteiger partial charge in [-0.1, -0.05) is 64.5 Å². The van der Waals surface area contributed by atoms with Gasteiger partial charge < -0.3 is 4.90 Å². The number of carbonyl (C=O) groups excluding carboxylic acids is 2. The highest BCUT2D eigenvalue weighted by molar-refractivity contribution is 9.10. The Labute approximate surface area is 174 Å². The van der Waals surface area contributed by atoms with E-state index in [1.54, 1.807) is 17.0 Å². The fourth-order valence-electron chi connectivity index (χ4n) is 3.75. The summed E-state index contributed by atoms with van der Waals surface area (Å²) in [6.45, 7) is 1.37. The van der Waals surface area contributed by atoms with E-state index < -0.39 is 11.8 Å². The Morgan fingerprint density at radius 1 is 1.00 bits per heavy atom. The molecule has 2 atom stereocenters. The number of Topliss-reactive ketones (excluding diaryl/α,β-unsaturated/α-hetero) is 1. The second-order valence-corrected chi connectivity index (χ2v) is 7.97. The Kier molecular flexibility index (Phi) is 7.00. The van der Waals surface area contributed by atoms with Crippen LogP contribution in [0.1, 0.15) is 47.5 Å². The third-order valence-corrected chi connectivity index (χ3v) is 6.00. The predicted molar refractivity (Wildman–Crippen MR) is 112 cm³/mol. The number of rotatable bonds is 6. The normalized spacial score (nSPS) is 16.1. The highest BCUT2D eigenvalue weighted by Crippen LogP contribution is 2.35. The van der Waals surface area contributed by atoms with Gasteiger partial charge in [-0.3, -0.25) is 9.59 Å². The summed E-state index contributed by atoms with van der Waals surface area (Å²) in [5, 5.41) is 9.91. The van der Waals surface area contributed by atoms with Crippen molar-refractivity contribution in [1.82, 2.24) is 4.90 Å². The summed E-state index contributed by atoms with van der Waals surface area (Å²) in [7, 11) is 0. The lowest BCUT2D eigenvalue weighted by Crippen LogP contribution is -2.41. The minimum Gasteiger partial charge on any atom is -0.342 e. The fourth-order valence-corrected chi connectivity index (χ4v) is 4.33. The zero-order valence-corrected chi connectivity index (χ0v) is 17.3. The number of nitriles is 1. The number of carbonyl (C=O) groups is 2. The zero-order valence-electron chi connectivity index (χ0n) is 15.7. The Balaban J connectivity index is 1.92. The number of nitrogens with zero attached hydrogens (tertiary/aromatic N) is 2. The summed E-state index contributed by atoms with van der Waals surface area (Å²) in [5.41, 5.74) is 1.42. The molecule has 1 aliphatic rings. The lowest BCUT2D eigenvalue weighted by molar-refractivity contribution is -0.135. The van der Waals surface area contributed by atoms with Crippen molar-refractivity contribution >= 4 is 27.6 Å². The van der Waals surface area contributed by atoms with Crippen LogP contribution in [0.5, 0.6) is 0 Å². The average Bonchev–Trinajstić information content (AvgIpc) is 2.75. The van der Waals surface area contributed by atoms with Crippen LogP contribution >= 0.6 is 15.9 Å². The van der Waals surface area contributed by atoms with Crippen molar-refractivity contribution in [1.29, 1.82) is 5.26 Å². The Morgan fingerprint density at radius 3 is 2.29 bits per heavy atom. The molecule has 0 radical (unpaired) electrons. The number of likely N-dealkylation sites (tertiary alicyclic amines) is 1. The van der Waals surface area contributed by atoms with E-state index in [-0.39, 0.29) is 18.1 Å². The van der Waals surface area contributed by atoms with Crippen LogP contribution in [0.3, 0.4) is 0 Å². The van der Waals surface area contributed by atoms with Crippen molar-refractivity contribution in [2.75, 3.05) is 13.1 Å². The molecule has 0 aromatic heterocycles. The molecule has 144 valence electrons. The summed E-state index contributed by atoms with van der Waals surface area (Å²) >= 11 is 3.54. The molecule has 1 saturated heterocycles. The van der Waals surface area contributed by atoms with Crippen LogP contribution < -0.4 is 0 Å². The number of ketones is 1. The number of hydrogen-bond acceptors (Lipinski definition) is 3. The zero-order chi connectivity index (χ0) is 19.9. The van der Waals surface area contributed by atoms with Gasteiger partial charge in [-0.25, -0.2) is 0 Å². The maximum atomic E-state index is 13.2. The lowest BCUT2D eigenvalue weighted by Gasteiger charge is -2.31. The molecule has 1 aliphatic heterocycles. The second-order valence-electron chi connectivity index (χ2n) is 7.11. The summed E-state index contributed by atoms with van der Waals surface area (Å²) in [6.07, 6.45) is 3.16. The fraction of sp³-hybridized carbons (Fsp3) is 0.348. The summed E-state index contributed by atoms with van der Waals surface area (Å²) in [4.78, 5) is 27.8. The van der Waals surface area contributed by atoms with Gasteiger partial charge in [0.05, 0.1) is 6.07 Å². The van der Waals surface area contributed by atoms with E-state index in [0.717, 1.165) is 29.3 Å². The molecule has 1 fully saturated rings. The third kappa shape index (κ3) is 4.69. The van der Waals surface area contributed by atoms with Gasteiger partial charge in [0.25, 0.3) is 0 Å². The maximum Gasteiger partial charge on any atom is 0.240 e. The standard InChI is InChI=1S/C23H23BrN2O2/c24-21-12-6-5-11-18(21)19(15-22(27)17-9-3-1-4-10-17)20(16-25)23(28)26-13-7-2-8-14-26/h1,3-6,9-12,19-20H,2,7-8,13-15H2/t19-,20-/m0/s1. The van der Waals surface area contributed by atoms with Crippen LogP contribution in [0, 0.1) is 17.2 Å². The van der Waals surface area contributed by atoms with E-state index in [9.17, 15) is 14.9 Å². The number of benzene rings is 2. The number of amides is 1. The molecule has 0 bridgehead atoms. The molecule has 4 nitrogen and oxygen atoms in total. The molecule has 0 saturated carbocycles. The van der Waals surface area contributed by atoms with Crippen molar-refractivity contribution in [3.63, 3.8) is 0 Å². The largest absolute Gasteiger partial charge is 0.342 e. The van der Waals surface area contributed by atoms with Crippen LogP contribution in [0.2, 0.25) is 0 Å². The van der Waals surface area contributed by atoms with E-state index in [2.05, 4.69) is 22.0 Å². The molecule has 5 heteroatoms. The van der Waals surface area contributed by atoms with Gasteiger partial charge in [-0.05, 0) is 30.9 Å². The van der Waals surface area contributed by atoms with Gasteiger partial charge in [0.15, 0.2) is 5.78 Å². The molecule has 2 aromatic rings. The van der Waals surface area contributed by atoms with E-state index >= 15 is 0 Å². The smallest absolute Gasteiger partial charge is 0.240 e. The summed E-state index contributed by atoms with van der Waals surface area (Å²) in [5.74, 6) is -1.61. The number of piperidine rings is 1. The molecule has 2 aromatic carbocycles. The highest BCUT2D eigenvalue weighted by Gasteiger charge is 2.35. The van der Waals surface area contributed by atoms with E-state index in [0.29, 0.717) is 18.7 Å². The SMILES string of the molecule is N#C[C@H](C(=O)N1CCCCC1)[C@@H](CC(=O)c1ccccc1)c1ccccc1Br. The van der Waals surface area contributed by atoms with Crippen molar-refractivity contribution < 1.29 is 9.59 Å². The molecule has 0 unspecified atom stereocenters. The van der Waals surface area contributed by atoms with Crippen molar-refractivity contribution in [2.45, 2.75) is 31.6 Å². The van der Waals surface area contributed by atoms with Crippen molar-refractivity contribution in [3.8, 4) is 6.07 Å². The van der Waals surface area contributed by atoms with Gasteiger partial charge in [-0.15, -0.1) is 0 Å². The molecule has 3 rings (SSSR count). The first-order valence-corrected chi connectivity index (χ1v) is 10.4. The number of halogens is 1. The molecule has 1 amide bonds. The quantitative estimate of drug-likeness (QED) is 0.598. The first kappa shape index (κ1) is 20.3. The first-order valence-electron chi connectivity index (χ1n) is 9.63. The van der Waals surface area contributed by atoms with Crippen LogP contribution in [-0.4, -0.2) is 29.7 Å². The minimum absolute atomic E-state index is 0.0620. The van der Waals surface area contributed by atoms with Gasteiger partial charge in [-0.2, -0.15) is 5.26 Å².